The lowest BCUT2D eigenvalue weighted by molar-refractivity contribution is 0.252. The summed E-state index contributed by atoms with van der Waals surface area (Å²) in [5, 5.41) is 5.34. The van der Waals surface area contributed by atoms with Gasteiger partial charge < -0.3 is 10.6 Å². The number of nitrogens with one attached hydrogen (secondary N) is 2. The molecule has 3 nitrogen and oxygen atoms in total. The molecule has 0 aromatic heterocycles. The number of benzene rings is 1. The highest BCUT2D eigenvalue weighted by Gasteiger charge is 2.03. The molecule has 0 aliphatic carbocycles. The van der Waals surface area contributed by atoms with Gasteiger partial charge in [-0.1, -0.05) is 12.0 Å². The number of aryl methyl sites for hydroxylation is 1. The van der Waals surface area contributed by atoms with Crippen molar-refractivity contribution in [2.75, 3.05) is 11.9 Å². The van der Waals surface area contributed by atoms with Gasteiger partial charge in [0.05, 0.1) is 5.69 Å². The molecule has 0 bridgehead atoms. The molecule has 0 saturated carbocycles. The van der Waals surface area contributed by atoms with E-state index in [1.54, 1.807) is 6.07 Å². The molecule has 15 heavy (non-hydrogen) atoms. The predicted molar refractivity (Wildman–Crippen MR) is 61.8 cm³/mol. The molecule has 78 valence electrons. The summed E-state index contributed by atoms with van der Waals surface area (Å²) in [6.07, 6.45) is 5.35. The van der Waals surface area contributed by atoms with Crippen molar-refractivity contribution in [3.63, 3.8) is 0 Å². The first kappa shape index (κ1) is 11.1. The van der Waals surface area contributed by atoms with Crippen LogP contribution in [0.3, 0.4) is 0 Å². The Morgan fingerprint density at radius 1 is 1.53 bits per heavy atom. The van der Waals surface area contributed by atoms with Gasteiger partial charge in [0.25, 0.3) is 0 Å². The van der Waals surface area contributed by atoms with E-state index in [0.717, 1.165) is 5.56 Å². The molecule has 2 amide bonds. The van der Waals surface area contributed by atoms with Crippen LogP contribution in [-0.2, 0) is 0 Å². The summed E-state index contributed by atoms with van der Waals surface area (Å²) in [6, 6.07) is 5.34. The van der Waals surface area contributed by atoms with Gasteiger partial charge in [0.1, 0.15) is 0 Å². The topological polar surface area (TPSA) is 41.1 Å². The molecule has 1 aromatic carbocycles. The zero-order chi connectivity index (χ0) is 11.3. The summed E-state index contributed by atoms with van der Waals surface area (Å²) >= 11 is 0. The molecule has 3 heteroatoms. The molecule has 0 unspecified atom stereocenters. The largest absolute Gasteiger partial charge is 0.338 e. The number of terminal acetylenes is 1. The number of carbonyl (C=O) groups excluding carboxylic acids is 1. The standard InChI is InChI=1S/C12H14N2O/c1-4-10-8-9(3)6-7-11(10)14-12(15)13-5-2/h1,6-8H,5H2,2-3H3,(H2,13,14,15). The molecule has 0 fully saturated rings. The summed E-state index contributed by atoms with van der Waals surface area (Å²) in [6.45, 7) is 4.40. The Balaban J connectivity index is 2.86. The second-order valence-electron chi connectivity index (χ2n) is 3.18. The Hall–Kier alpha value is -1.95. The van der Waals surface area contributed by atoms with Gasteiger partial charge in [0.2, 0.25) is 0 Å². The minimum atomic E-state index is -0.238. The summed E-state index contributed by atoms with van der Waals surface area (Å²) in [4.78, 5) is 11.3. The van der Waals surface area contributed by atoms with Crippen LogP contribution in [0.15, 0.2) is 18.2 Å². The van der Waals surface area contributed by atoms with Gasteiger partial charge in [-0.2, -0.15) is 0 Å². The second-order valence-corrected chi connectivity index (χ2v) is 3.18. The van der Waals surface area contributed by atoms with E-state index < -0.39 is 0 Å². The number of carbonyl (C=O) groups is 1. The first-order valence-electron chi connectivity index (χ1n) is 4.79. The van der Waals surface area contributed by atoms with Crippen LogP contribution in [0.25, 0.3) is 0 Å². The smallest absolute Gasteiger partial charge is 0.319 e. The van der Waals surface area contributed by atoms with Crippen LogP contribution in [0.4, 0.5) is 10.5 Å². The molecule has 2 N–H and O–H groups in total. The zero-order valence-electron chi connectivity index (χ0n) is 8.92. The van der Waals surface area contributed by atoms with Crippen molar-refractivity contribution in [1.29, 1.82) is 0 Å². The Morgan fingerprint density at radius 2 is 2.27 bits per heavy atom. The van der Waals surface area contributed by atoms with Gasteiger partial charge in [0.15, 0.2) is 0 Å². The Morgan fingerprint density at radius 3 is 2.87 bits per heavy atom. The highest BCUT2D eigenvalue weighted by Crippen LogP contribution is 2.15. The number of rotatable bonds is 2. The summed E-state index contributed by atoms with van der Waals surface area (Å²) in [5.74, 6) is 2.54. The number of hydrogen-bond acceptors (Lipinski definition) is 1. The molecule has 0 radical (unpaired) electrons. The van der Waals surface area contributed by atoms with Gasteiger partial charge in [-0.25, -0.2) is 4.79 Å². The van der Waals surface area contributed by atoms with Crippen LogP contribution in [0, 0.1) is 19.3 Å². The van der Waals surface area contributed by atoms with Crippen molar-refractivity contribution >= 4 is 11.7 Å². The fourth-order valence-corrected chi connectivity index (χ4v) is 1.21. The first-order chi connectivity index (χ1) is 7.17. The molecule has 0 saturated heterocycles. The van der Waals surface area contributed by atoms with Gasteiger partial charge in [-0.3, -0.25) is 0 Å². The van der Waals surface area contributed by atoms with E-state index in [4.69, 9.17) is 6.42 Å². The number of hydrogen-bond donors (Lipinski definition) is 2. The second kappa shape index (κ2) is 5.06. The van der Waals surface area contributed by atoms with E-state index >= 15 is 0 Å². The van der Waals surface area contributed by atoms with E-state index in [-0.39, 0.29) is 6.03 Å². The normalized spacial score (nSPS) is 9.13. The lowest BCUT2D eigenvalue weighted by Gasteiger charge is -2.08. The fraction of sp³-hybridized carbons (Fsp3) is 0.250. The van der Waals surface area contributed by atoms with Crippen molar-refractivity contribution in [1.82, 2.24) is 5.32 Å². The SMILES string of the molecule is C#Cc1cc(C)ccc1NC(=O)NCC. The molecule has 0 spiro atoms. The molecule has 1 aromatic rings. The molecule has 1 rings (SSSR count). The van der Waals surface area contributed by atoms with E-state index in [9.17, 15) is 4.79 Å². The summed E-state index contributed by atoms with van der Waals surface area (Å²) in [7, 11) is 0. The van der Waals surface area contributed by atoms with Gasteiger partial charge in [-0.05, 0) is 31.5 Å². The van der Waals surface area contributed by atoms with Crippen molar-refractivity contribution < 1.29 is 4.79 Å². The molecule has 0 aliphatic heterocycles. The average molecular weight is 202 g/mol. The van der Waals surface area contributed by atoms with E-state index in [1.807, 2.05) is 26.0 Å². The van der Waals surface area contributed by atoms with Gasteiger partial charge in [-0.15, -0.1) is 6.42 Å². The van der Waals surface area contributed by atoms with E-state index in [1.165, 1.54) is 0 Å². The lowest BCUT2D eigenvalue weighted by Crippen LogP contribution is -2.28. The van der Waals surface area contributed by atoms with Crippen LogP contribution >= 0.6 is 0 Å². The number of urea groups is 1. The van der Waals surface area contributed by atoms with Crippen LogP contribution in [-0.4, -0.2) is 12.6 Å². The third-order valence-corrected chi connectivity index (χ3v) is 1.92. The van der Waals surface area contributed by atoms with Crippen molar-refractivity contribution in [3.05, 3.63) is 29.3 Å². The minimum absolute atomic E-state index is 0.238. The Labute approximate surface area is 89.9 Å². The maximum absolute atomic E-state index is 11.3. The number of anilines is 1. The third kappa shape index (κ3) is 3.03. The quantitative estimate of drug-likeness (QED) is 0.708. The van der Waals surface area contributed by atoms with Crippen molar-refractivity contribution in [2.45, 2.75) is 13.8 Å². The Bertz CT molecular complexity index is 405. The van der Waals surface area contributed by atoms with Crippen LogP contribution in [0.5, 0.6) is 0 Å². The van der Waals surface area contributed by atoms with Gasteiger partial charge >= 0.3 is 6.03 Å². The van der Waals surface area contributed by atoms with Gasteiger partial charge in [0, 0.05) is 12.1 Å². The van der Waals surface area contributed by atoms with Crippen LogP contribution in [0.1, 0.15) is 18.1 Å². The average Bonchev–Trinajstić information content (AvgIpc) is 2.21. The third-order valence-electron chi connectivity index (χ3n) is 1.92. The zero-order valence-corrected chi connectivity index (χ0v) is 8.92. The maximum atomic E-state index is 11.3. The molecular weight excluding hydrogens is 188 g/mol. The molecule has 0 aliphatic rings. The number of amides is 2. The van der Waals surface area contributed by atoms with Crippen LogP contribution < -0.4 is 10.6 Å². The monoisotopic (exact) mass is 202 g/mol. The fourth-order valence-electron chi connectivity index (χ4n) is 1.21. The van der Waals surface area contributed by atoms with E-state index in [2.05, 4.69) is 16.6 Å². The van der Waals surface area contributed by atoms with Crippen molar-refractivity contribution in [2.24, 2.45) is 0 Å². The highest BCUT2D eigenvalue weighted by atomic mass is 16.2. The highest BCUT2D eigenvalue weighted by molar-refractivity contribution is 5.90. The molecule has 0 heterocycles. The maximum Gasteiger partial charge on any atom is 0.319 e. The summed E-state index contributed by atoms with van der Waals surface area (Å²) in [5.41, 5.74) is 2.43. The van der Waals surface area contributed by atoms with Crippen LogP contribution in [0.2, 0.25) is 0 Å². The Kier molecular flexibility index (Phi) is 3.75. The predicted octanol–water partition coefficient (Wildman–Crippen LogP) is 2.12. The van der Waals surface area contributed by atoms with Crippen molar-refractivity contribution in [3.8, 4) is 12.3 Å². The first-order valence-corrected chi connectivity index (χ1v) is 4.79. The molecular formula is C12H14N2O. The molecule has 0 atom stereocenters. The minimum Gasteiger partial charge on any atom is -0.338 e. The summed E-state index contributed by atoms with van der Waals surface area (Å²) < 4.78 is 0. The lowest BCUT2D eigenvalue weighted by atomic mass is 10.1. The van der Waals surface area contributed by atoms with E-state index in [0.29, 0.717) is 17.8 Å².